The number of nitrogens with zero attached hydrogens (tertiary/aromatic N) is 2. The first-order valence-corrected chi connectivity index (χ1v) is 7.46. The van der Waals surface area contributed by atoms with Crippen molar-refractivity contribution in [3.05, 3.63) is 16.5 Å². The zero-order valence-corrected chi connectivity index (χ0v) is 13.3. The summed E-state index contributed by atoms with van der Waals surface area (Å²) in [4.78, 5) is 9.06. The molecule has 4 heteroatoms. The van der Waals surface area contributed by atoms with Gasteiger partial charge in [-0.1, -0.05) is 45.2 Å². The van der Waals surface area contributed by atoms with E-state index in [9.17, 15) is 0 Å². The zero-order chi connectivity index (χ0) is 14.2. The highest BCUT2D eigenvalue weighted by atomic mass is 35.5. The molecule has 0 amide bonds. The lowest BCUT2D eigenvalue weighted by atomic mass is 9.95. The highest BCUT2D eigenvalue weighted by Crippen LogP contribution is 2.34. The second-order valence-electron chi connectivity index (χ2n) is 6.79. The first-order chi connectivity index (χ1) is 8.77. The van der Waals surface area contributed by atoms with Crippen LogP contribution in [0.5, 0.6) is 0 Å². The van der Waals surface area contributed by atoms with Gasteiger partial charge in [0.05, 0.1) is 0 Å². The molecule has 0 radical (unpaired) electrons. The molecule has 1 unspecified atom stereocenters. The molecule has 106 valence electrons. The molecular weight excluding hydrogens is 258 g/mol. The Morgan fingerprint density at radius 3 is 2.47 bits per heavy atom. The third-order valence-electron chi connectivity index (χ3n) is 3.52. The van der Waals surface area contributed by atoms with Crippen molar-refractivity contribution < 1.29 is 0 Å². The first kappa shape index (κ1) is 14.6. The number of halogens is 1. The molecule has 1 aromatic rings. The highest BCUT2D eigenvalue weighted by Gasteiger charge is 2.25. The van der Waals surface area contributed by atoms with E-state index in [1.54, 1.807) is 0 Å². The summed E-state index contributed by atoms with van der Waals surface area (Å²) in [6, 6.07) is 0.435. The largest absolute Gasteiger partial charge is 0.367 e. The van der Waals surface area contributed by atoms with E-state index in [4.69, 9.17) is 11.6 Å². The second-order valence-corrected chi connectivity index (χ2v) is 7.14. The molecule has 0 spiro atoms. The molecule has 3 nitrogen and oxygen atoms in total. The van der Waals surface area contributed by atoms with Gasteiger partial charge in [-0.3, -0.25) is 0 Å². The van der Waals surface area contributed by atoms with Gasteiger partial charge in [0.2, 0.25) is 0 Å². The van der Waals surface area contributed by atoms with Crippen LogP contribution in [0.15, 0.2) is 0 Å². The number of hydrogen-bond acceptors (Lipinski definition) is 3. The van der Waals surface area contributed by atoms with Crippen LogP contribution >= 0.6 is 11.6 Å². The van der Waals surface area contributed by atoms with Crippen molar-refractivity contribution in [2.75, 3.05) is 5.32 Å². The average molecular weight is 282 g/mol. The van der Waals surface area contributed by atoms with Crippen LogP contribution in [0.25, 0.3) is 0 Å². The van der Waals surface area contributed by atoms with Gasteiger partial charge in [0.15, 0.2) is 0 Å². The SMILES string of the molecule is Cc1c(Cl)nc(C(C)(C)C)nc1NC(C)CC1CC1. The molecule has 0 aromatic carbocycles. The summed E-state index contributed by atoms with van der Waals surface area (Å²) < 4.78 is 0. The molecule has 1 N–H and O–H groups in total. The Morgan fingerprint density at radius 2 is 1.95 bits per heavy atom. The topological polar surface area (TPSA) is 37.8 Å². The normalized spacial score (nSPS) is 17.4. The summed E-state index contributed by atoms with van der Waals surface area (Å²) in [7, 11) is 0. The van der Waals surface area contributed by atoms with Crippen molar-refractivity contribution in [2.45, 2.75) is 65.3 Å². The third kappa shape index (κ3) is 3.82. The van der Waals surface area contributed by atoms with E-state index in [1.807, 2.05) is 6.92 Å². The van der Waals surface area contributed by atoms with Crippen molar-refractivity contribution in [2.24, 2.45) is 5.92 Å². The molecular formula is C15H24ClN3. The monoisotopic (exact) mass is 281 g/mol. The molecule has 0 bridgehead atoms. The summed E-state index contributed by atoms with van der Waals surface area (Å²) in [6.45, 7) is 10.5. The van der Waals surface area contributed by atoms with Crippen LogP contribution in [0, 0.1) is 12.8 Å². The van der Waals surface area contributed by atoms with E-state index in [1.165, 1.54) is 19.3 Å². The molecule has 0 aliphatic heterocycles. The Labute approximate surface area is 121 Å². The third-order valence-corrected chi connectivity index (χ3v) is 3.89. The molecule has 1 aliphatic carbocycles. The summed E-state index contributed by atoms with van der Waals surface area (Å²) in [5, 5.41) is 4.06. The van der Waals surface area contributed by atoms with Gasteiger partial charge in [0, 0.05) is 17.0 Å². The molecule has 2 rings (SSSR count). The standard InChI is InChI=1S/C15H24ClN3/c1-9(8-11-6-7-11)17-13-10(2)12(16)18-14(19-13)15(3,4)5/h9,11H,6-8H2,1-5H3,(H,17,18,19). The minimum Gasteiger partial charge on any atom is -0.367 e. The number of hydrogen-bond donors (Lipinski definition) is 1. The van der Waals surface area contributed by atoms with Crippen molar-refractivity contribution in [1.29, 1.82) is 0 Å². The molecule has 1 heterocycles. The fourth-order valence-electron chi connectivity index (χ4n) is 2.11. The first-order valence-electron chi connectivity index (χ1n) is 7.08. The maximum atomic E-state index is 6.24. The Kier molecular flexibility index (Phi) is 4.05. The van der Waals surface area contributed by atoms with Gasteiger partial charge in [-0.2, -0.15) is 0 Å². The maximum Gasteiger partial charge on any atom is 0.137 e. The van der Waals surface area contributed by atoms with E-state index in [0.29, 0.717) is 11.2 Å². The van der Waals surface area contributed by atoms with Gasteiger partial charge in [-0.05, 0) is 26.2 Å². The lowest BCUT2D eigenvalue weighted by Gasteiger charge is -2.21. The molecule has 19 heavy (non-hydrogen) atoms. The number of anilines is 1. The minimum absolute atomic E-state index is 0.0898. The Morgan fingerprint density at radius 1 is 1.32 bits per heavy atom. The summed E-state index contributed by atoms with van der Waals surface area (Å²) in [5.74, 6) is 2.59. The van der Waals surface area contributed by atoms with Crippen LogP contribution in [0.4, 0.5) is 5.82 Å². The number of rotatable bonds is 4. The summed E-state index contributed by atoms with van der Waals surface area (Å²) in [6.07, 6.45) is 3.97. The fraction of sp³-hybridized carbons (Fsp3) is 0.733. The van der Waals surface area contributed by atoms with E-state index >= 15 is 0 Å². The van der Waals surface area contributed by atoms with E-state index in [-0.39, 0.29) is 5.41 Å². The second kappa shape index (κ2) is 5.28. The van der Waals surface area contributed by atoms with Gasteiger partial charge in [-0.15, -0.1) is 0 Å². The lowest BCUT2D eigenvalue weighted by Crippen LogP contribution is -2.22. The van der Waals surface area contributed by atoms with Crippen LogP contribution in [-0.2, 0) is 5.41 Å². The molecule has 1 atom stereocenters. The van der Waals surface area contributed by atoms with Crippen LogP contribution in [0.1, 0.15) is 58.3 Å². The van der Waals surface area contributed by atoms with E-state index in [0.717, 1.165) is 23.1 Å². The number of aromatic nitrogens is 2. The zero-order valence-electron chi connectivity index (χ0n) is 12.5. The minimum atomic E-state index is -0.0898. The van der Waals surface area contributed by atoms with Crippen molar-refractivity contribution >= 4 is 17.4 Å². The maximum absolute atomic E-state index is 6.24. The highest BCUT2D eigenvalue weighted by molar-refractivity contribution is 6.30. The van der Waals surface area contributed by atoms with Gasteiger partial charge in [-0.25, -0.2) is 9.97 Å². The van der Waals surface area contributed by atoms with E-state index in [2.05, 4.69) is 43.0 Å². The van der Waals surface area contributed by atoms with Crippen LogP contribution < -0.4 is 5.32 Å². The van der Waals surface area contributed by atoms with Gasteiger partial charge in [0.1, 0.15) is 16.8 Å². The summed E-state index contributed by atoms with van der Waals surface area (Å²) in [5.41, 5.74) is 0.852. The summed E-state index contributed by atoms with van der Waals surface area (Å²) >= 11 is 6.24. The van der Waals surface area contributed by atoms with E-state index < -0.39 is 0 Å². The van der Waals surface area contributed by atoms with Gasteiger partial charge < -0.3 is 5.32 Å². The molecule has 1 fully saturated rings. The quantitative estimate of drug-likeness (QED) is 0.835. The molecule has 1 aromatic heterocycles. The smallest absolute Gasteiger partial charge is 0.137 e. The van der Waals surface area contributed by atoms with Crippen molar-refractivity contribution in [3.63, 3.8) is 0 Å². The molecule has 0 saturated heterocycles. The fourth-order valence-corrected chi connectivity index (χ4v) is 2.28. The van der Waals surface area contributed by atoms with Gasteiger partial charge >= 0.3 is 0 Å². The van der Waals surface area contributed by atoms with Crippen molar-refractivity contribution in [1.82, 2.24) is 9.97 Å². The van der Waals surface area contributed by atoms with Crippen LogP contribution in [-0.4, -0.2) is 16.0 Å². The Bertz CT molecular complexity index is 461. The number of nitrogens with one attached hydrogen (secondary N) is 1. The molecule has 1 aliphatic rings. The average Bonchev–Trinajstić information content (AvgIpc) is 3.06. The van der Waals surface area contributed by atoms with Crippen LogP contribution in [0.3, 0.4) is 0 Å². The predicted molar refractivity (Wildman–Crippen MR) is 80.9 cm³/mol. The lowest BCUT2D eigenvalue weighted by molar-refractivity contribution is 0.544. The Balaban J connectivity index is 2.20. The van der Waals surface area contributed by atoms with Crippen LogP contribution in [0.2, 0.25) is 5.15 Å². The predicted octanol–water partition coefficient (Wildman–Crippen LogP) is 4.34. The van der Waals surface area contributed by atoms with Gasteiger partial charge in [0.25, 0.3) is 0 Å². The Hall–Kier alpha value is -0.830. The van der Waals surface area contributed by atoms with Crippen molar-refractivity contribution in [3.8, 4) is 0 Å². The molecule has 1 saturated carbocycles.